The molecular weight excluding hydrogens is 264 g/mol. The van der Waals surface area contributed by atoms with Crippen LogP contribution in [0.2, 0.25) is 0 Å². The highest BCUT2D eigenvalue weighted by molar-refractivity contribution is 5.26. The summed E-state index contributed by atoms with van der Waals surface area (Å²) >= 11 is 0. The zero-order valence-corrected chi connectivity index (χ0v) is 10.8. The van der Waals surface area contributed by atoms with E-state index in [4.69, 9.17) is 15.9 Å². The Kier molecular flexibility index (Phi) is 2.83. The summed E-state index contributed by atoms with van der Waals surface area (Å²) < 4.78 is 12.5. The molecule has 1 aromatic heterocycles. The van der Waals surface area contributed by atoms with E-state index in [1.807, 2.05) is 6.92 Å². The number of aromatic amines is 1. The number of nitrogens with one attached hydrogen (secondary N) is 1. The van der Waals surface area contributed by atoms with Crippen LogP contribution in [0, 0.1) is 12.3 Å². The molecule has 3 heterocycles. The molecule has 2 fully saturated rings. The van der Waals surface area contributed by atoms with Gasteiger partial charge in [-0.25, -0.2) is 4.79 Å². The number of aromatic nitrogens is 2. The molecule has 2 aliphatic heterocycles. The van der Waals surface area contributed by atoms with Crippen molar-refractivity contribution in [2.75, 3.05) is 6.61 Å². The molecule has 106 valence electrons. The van der Waals surface area contributed by atoms with Crippen molar-refractivity contribution in [1.29, 1.82) is 0 Å². The Morgan fingerprint density at radius 1 is 1.65 bits per heavy atom. The number of fused-ring (bicyclic) bond motifs is 2. The molecule has 0 saturated carbocycles. The van der Waals surface area contributed by atoms with Crippen molar-refractivity contribution in [2.45, 2.75) is 37.4 Å². The van der Waals surface area contributed by atoms with Crippen LogP contribution in [0.4, 0.5) is 0 Å². The average Bonchev–Trinajstić information content (AvgIpc) is 2.90. The third-order valence-corrected chi connectivity index (χ3v) is 4.00. The van der Waals surface area contributed by atoms with Crippen LogP contribution < -0.4 is 11.2 Å². The maximum Gasteiger partial charge on any atom is 0.330 e. The van der Waals surface area contributed by atoms with E-state index in [0.29, 0.717) is 6.42 Å². The second-order valence-corrected chi connectivity index (χ2v) is 5.00. The quantitative estimate of drug-likeness (QED) is 0.674. The van der Waals surface area contributed by atoms with Gasteiger partial charge in [0.1, 0.15) is 23.4 Å². The Labute approximate surface area is 114 Å². The first-order valence-corrected chi connectivity index (χ1v) is 6.32. The van der Waals surface area contributed by atoms with Crippen LogP contribution in [0.3, 0.4) is 0 Å². The van der Waals surface area contributed by atoms with Gasteiger partial charge in [0, 0.05) is 6.20 Å². The van der Waals surface area contributed by atoms with E-state index in [-0.39, 0.29) is 12.2 Å². The summed E-state index contributed by atoms with van der Waals surface area (Å²) in [6.45, 7) is 2.16. The van der Waals surface area contributed by atoms with Crippen molar-refractivity contribution in [2.24, 2.45) is 0 Å². The van der Waals surface area contributed by atoms with Gasteiger partial charge < -0.3 is 14.6 Å². The fourth-order valence-electron chi connectivity index (χ4n) is 2.75. The minimum absolute atomic E-state index is 0.0241. The minimum Gasteiger partial charge on any atom is -0.387 e. The van der Waals surface area contributed by atoms with Crippen molar-refractivity contribution in [3.8, 4) is 12.3 Å². The predicted molar refractivity (Wildman–Crippen MR) is 68.1 cm³/mol. The summed E-state index contributed by atoms with van der Waals surface area (Å²) in [5, 5.41) is 10.2. The number of nitrogens with zero attached hydrogens (tertiary/aromatic N) is 1. The Morgan fingerprint density at radius 3 is 3.00 bits per heavy atom. The monoisotopic (exact) mass is 278 g/mol. The van der Waals surface area contributed by atoms with Crippen LogP contribution >= 0.6 is 0 Å². The van der Waals surface area contributed by atoms with Gasteiger partial charge in [-0.2, -0.15) is 0 Å². The largest absolute Gasteiger partial charge is 0.387 e. The molecule has 4 atom stereocenters. The van der Waals surface area contributed by atoms with Crippen LogP contribution in [-0.4, -0.2) is 39.1 Å². The van der Waals surface area contributed by atoms with Gasteiger partial charge in [0.15, 0.2) is 6.23 Å². The fourth-order valence-corrected chi connectivity index (χ4v) is 2.75. The maximum absolute atomic E-state index is 11.9. The highest BCUT2D eigenvalue weighted by Crippen LogP contribution is 2.46. The second-order valence-electron chi connectivity index (χ2n) is 5.00. The average molecular weight is 278 g/mol. The van der Waals surface area contributed by atoms with Gasteiger partial charge in [-0.15, -0.1) is 6.42 Å². The number of hydrogen-bond acceptors (Lipinski definition) is 5. The van der Waals surface area contributed by atoms with E-state index in [1.54, 1.807) is 0 Å². The first kappa shape index (κ1) is 13.1. The lowest BCUT2D eigenvalue weighted by Crippen LogP contribution is -2.41. The van der Waals surface area contributed by atoms with E-state index in [1.165, 1.54) is 10.8 Å². The molecule has 0 aliphatic carbocycles. The standard InChI is InChI=1S/C13H14N2O5/c1-3-7-5-15(12(18)14-10(7)17)11-8-9(16)13(4-2,20-11)6-19-8/h1,5,8-9,11,16H,4,6H2,2H3,(H,14,17,18)/t8?,9-,11+,13+/m0/s1. The Balaban J connectivity index is 2.07. The Morgan fingerprint density at radius 2 is 2.40 bits per heavy atom. The molecule has 0 aromatic carbocycles. The van der Waals surface area contributed by atoms with Crippen LogP contribution in [0.1, 0.15) is 25.1 Å². The Bertz CT molecular complexity index is 700. The third-order valence-electron chi connectivity index (χ3n) is 4.00. The molecule has 0 radical (unpaired) electrons. The Hall–Kier alpha value is -1.88. The van der Waals surface area contributed by atoms with Crippen molar-refractivity contribution in [3.05, 3.63) is 32.6 Å². The number of hydrogen-bond donors (Lipinski definition) is 2. The molecule has 2 aliphatic rings. The number of aliphatic hydroxyl groups excluding tert-OH is 1. The van der Waals surface area contributed by atoms with E-state index >= 15 is 0 Å². The molecule has 1 aromatic rings. The van der Waals surface area contributed by atoms with Crippen LogP contribution in [0.25, 0.3) is 0 Å². The molecule has 0 amide bonds. The zero-order chi connectivity index (χ0) is 14.5. The zero-order valence-electron chi connectivity index (χ0n) is 10.8. The summed E-state index contributed by atoms with van der Waals surface area (Å²) in [5.74, 6) is 2.20. The van der Waals surface area contributed by atoms with Gasteiger partial charge in [-0.05, 0) is 6.42 Å². The molecule has 7 nitrogen and oxygen atoms in total. The summed E-state index contributed by atoms with van der Waals surface area (Å²) in [4.78, 5) is 25.5. The number of aliphatic hydroxyl groups is 1. The normalized spacial score (nSPS) is 35.1. The topological polar surface area (TPSA) is 93.6 Å². The number of rotatable bonds is 2. The lowest BCUT2D eigenvalue weighted by Gasteiger charge is -2.30. The predicted octanol–water partition coefficient (Wildman–Crippen LogP) is -1.04. The molecule has 2 bridgehead atoms. The summed E-state index contributed by atoms with van der Waals surface area (Å²) in [6.07, 6.45) is 4.77. The molecule has 7 heteroatoms. The molecule has 0 spiro atoms. The molecule has 2 saturated heterocycles. The lowest BCUT2D eigenvalue weighted by molar-refractivity contribution is -0.175. The van der Waals surface area contributed by atoms with Crippen molar-refractivity contribution in [1.82, 2.24) is 9.55 Å². The summed E-state index contributed by atoms with van der Waals surface area (Å²) in [6, 6.07) is 0. The van der Waals surface area contributed by atoms with Gasteiger partial charge in [0.05, 0.1) is 6.61 Å². The number of terminal acetylenes is 1. The second kappa shape index (κ2) is 4.31. The molecule has 20 heavy (non-hydrogen) atoms. The van der Waals surface area contributed by atoms with Gasteiger partial charge >= 0.3 is 5.69 Å². The van der Waals surface area contributed by atoms with Gasteiger partial charge in [0.25, 0.3) is 5.56 Å². The third kappa shape index (κ3) is 1.59. The van der Waals surface area contributed by atoms with Crippen LogP contribution in [0.5, 0.6) is 0 Å². The van der Waals surface area contributed by atoms with E-state index in [0.717, 1.165) is 0 Å². The first-order chi connectivity index (χ1) is 9.52. The maximum atomic E-state index is 11.9. The highest BCUT2D eigenvalue weighted by atomic mass is 16.6. The minimum atomic E-state index is -0.814. The summed E-state index contributed by atoms with van der Waals surface area (Å²) in [7, 11) is 0. The molecule has 2 N–H and O–H groups in total. The fraction of sp³-hybridized carbons (Fsp3) is 0.538. The lowest BCUT2D eigenvalue weighted by atomic mass is 9.96. The van der Waals surface area contributed by atoms with Crippen LogP contribution in [-0.2, 0) is 9.47 Å². The smallest absolute Gasteiger partial charge is 0.330 e. The molecule has 1 unspecified atom stereocenters. The van der Waals surface area contributed by atoms with Crippen LogP contribution in [0.15, 0.2) is 15.8 Å². The van der Waals surface area contributed by atoms with Crippen molar-refractivity contribution in [3.63, 3.8) is 0 Å². The SMILES string of the molecule is C#Cc1cn([C@@H]2O[C@]3(CC)COC2[C@@H]3O)c(=O)[nH]c1=O. The van der Waals surface area contributed by atoms with Gasteiger partial charge in [0.2, 0.25) is 0 Å². The molecular formula is C13H14N2O5. The first-order valence-electron chi connectivity index (χ1n) is 6.32. The number of ether oxygens (including phenoxy) is 2. The van der Waals surface area contributed by atoms with E-state index in [9.17, 15) is 14.7 Å². The van der Waals surface area contributed by atoms with Crippen molar-refractivity contribution >= 4 is 0 Å². The summed E-state index contributed by atoms with van der Waals surface area (Å²) in [5.41, 5.74) is -2.05. The van der Waals surface area contributed by atoms with E-state index in [2.05, 4.69) is 10.9 Å². The van der Waals surface area contributed by atoms with Gasteiger partial charge in [-0.1, -0.05) is 12.8 Å². The van der Waals surface area contributed by atoms with Crippen molar-refractivity contribution < 1.29 is 14.6 Å². The highest BCUT2D eigenvalue weighted by Gasteiger charge is 2.60. The van der Waals surface area contributed by atoms with Gasteiger partial charge in [-0.3, -0.25) is 14.3 Å². The van der Waals surface area contributed by atoms with E-state index < -0.39 is 35.3 Å². The molecule has 3 rings (SSSR count). The number of H-pyrrole nitrogens is 1.